The number of ether oxygens (including phenoxy) is 1. The molecule has 1 amide bonds. The van der Waals surface area contributed by atoms with E-state index in [1.807, 2.05) is 13.0 Å². The van der Waals surface area contributed by atoms with Crippen LogP contribution in [0, 0.1) is 11.3 Å². The predicted octanol–water partition coefficient (Wildman–Crippen LogP) is 2.33. The Hall–Kier alpha value is -2.79. The summed E-state index contributed by atoms with van der Waals surface area (Å²) in [5, 5.41) is 11.6. The first-order valence-electron chi connectivity index (χ1n) is 7.63. The fourth-order valence-corrected chi connectivity index (χ4v) is 2.88. The highest BCUT2D eigenvalue weighted by Crippen LogP contribution is 2.21. The third kappa shape index (κ3) is 4.61. The van der Waals surface area contributed by atoms with Gasteiger partial charge in [-0.15, -0.1) is 0 Å². The lowest BCUT2D eigenvalue weighted by molar-refractivity contribution is -0.115. The molecule has 1 aromatic carbocycles. The number of anilines is 1. The Labute approximate surface area is 149 Å². The maximum absolute atomic E-state index is 12.3. The highest BCUT2D eigenvalue weighted by atomic mass is 32.2. The number of aromatic amines is 1. The fourth-order valence-electron chi connectivity index (χ4n) is 2.06. The van der Waals surface area contributed by atoms with Gasteiger partial charge in [-0.05, 0) is 37.6 Å². The van der Waals surface area contributed by atoms with Crippen LogP contribution >= 0.6 is 11.8 Å². The van der Waals surface area contributed by atoms with Crippen molar-refractivity contribution in [2.75, 3.05) is 12.4 Å². The van der Waals surface area contributed by atoms with E-state index in [0.29, 0.717) is 28.7 Å². The molecule has 0 saturated carbocycles. The summed E-state index contributed by atoms with van der Waals surface area (Å²) in [5.74, 6) is 0.479. The van der Waals surface area contributed by atoms with Gasteiger partial charge < -0.3 is 15.0 Å². The standard InChI is InChI=1S/C17H18N4O3S/c1-4-14-13(9-18)16(23)21-17(20-14)25-10(2)15(22)19-11-5-7-12(24-3)8-6-11/h5-8,10H,4H2,1-3H3,(H,19,22)(H,20,21,23). The number of rotatable bonds is 6. The minimum Gasteiger partial charge on any atom is -0.497 e. The van der Waals surface area contributed by atoms with Crippen molar-refractivity contribution < 1.29 is 9.53 Å². The molecule has 8 heteroatoms. The van der Waals surface area contributed by atoms with E-state index in [1.54, 1.807) is 38.3 Å². The number of aromatic nitrogens is 2. The van der Waals surface area contributed by atoms with Crippen molar-refractivity contribution in [3.05, 3.63) is 45.9 Å². The zero-order valence-corrected chi connectivity index (χ0v) is 14.9. The van der Waals surface area contributed by atoms with Gasteiger partial charge in [0.15, 0.2) is 5.16 Å². The summed E-state index contributed by atoms with van der Waals surface area (Å²) in [7, 11) is 1.57. The molecule has 7 nitrogen and oxygen atoms in total. The molecule has 1 heterocycles. The summed E-state index contributed by atoms with van der Waals surface area (Å²) in [6.45, 7) is 3.53. The van der Waals surface area contributed by atoms with Crippen molar-refractivity contribution in [3.8, 4) is 11.8 Å². The number of hydrogen-bond acceptors (Lipinski definition) is 6. The predicted molar refractivity (Wildman–Crippen MR) is 95.9 cm³/mol. The first-order chi connectivity index (χ1) is 12.0. The number of benzene rings is 1. The molecule has 0 saturated heterocycles. The molecule has 2 N–H and O–H groups in total. The summed E-state index contributed by atoms with van der Waals surface area (Å²) in [5.41, 5.74) is 0.604. The van der Waals surface area contributed by atoms with Crippen molar-refractivity contribution in [1.29, 1.82) is 5.26 Å². The number of nitrogens with zero attached hydrogens (tertiary/aromatic N) is 2. The Morgan fingerprint density at radius 2 is 2.12 bits per heavy atom. The normalized spacial score (nSPS) is 11.4. The van der Waals surface area contributed by atoms with Crippen LogP contribution in [0.1, 0.15) is 25.1 Å². The largest absolute Gasteiger partial charge is 0.497 e. The van der Waals surface area contributed by atoms with E-state index in [0.717, 1.165) is 11.8 Å². The van der Waals surface area contributed by atoms with Gasteiger partial charge >= 0.3 is 0 Å². The van der Waals surface area contributed by atoms with Gasteiger partial charge in [0.25, 0.3) is 5.56 Å². The number of amides is 1. The van der Waals surface area contributed by atoms with Gasteiger partial charge in [-0.1, -0.05) is 18.7 Å². The monoisotopic (exact) mass is 358 g/mol. The van der Waals surface area contributed by atoms with Gasteiger partial charge in [-0.25, -0.2) is 4.98 Å². The van der Waals surface area contributed by atoms with Crippen molar-refractivity contribution in [2.24, 2.45) is 0 Å². The number of thioether (sulfide) groups is 1. The second-order valence-corrected chi connectivity index (χ2v) is 6.47. The summed E-state index contributed by atoms with van der Waals surface area (Å²) in [6.07, 6.45) is 0.465. The molecular weight excluding hydrogens is 340 g/mol. The molecule has 1 atom stereocenters. The zero-order valence-electron chi connectivity index (χ0n) is 14.1. The van der Waals surface area contributed by atoms with E-state index in [4.69, 9.17) is 10.00 Å². The number of H-pyrrole nitrogens is 1. The molecule has 1 aromatic heterocycles. The van der Waals surface area contributed by atoms with Crippen molar-refractivity contribution in [1.82, 2.24) is 9.97 Å². The summed E-state index contributed by atoms with van der Waals surface area (Å²) >= 11 is 1.13. The summed E-state index contributed by atoms with van der Waals surface area (Å²) in [4.78, 5) is 31.0. The quantitative estimate of drug-likeness (QED) is 0.606. The van der Waals surface area contributed by atoms with E-state index in [-0.39, 0.29) is 11.5 Å². The van der Waals surface area contributed by atoms with E-state index in [9.17, 15) is 9.59 Å². The molecule has 0 fully saturated rings. The van der Waals surface area contributed by atoms with Gasteiger partial charge in [0.05, 0.1) is 18.1 Å². The van der Waals surface area contributed by atoms with Gasteiger partial charge in [0.2, 0.25) is 5.91 Å². The third-order valence-corrected chi connectivity index (χ3v) is 4.42. The Morgan fingerprint density at radius 1 is 1.44 bits per heavy atom. The number of carbonyl (C=O) groups excluding carboxylic acids is 1. The molecule has 2 rings (SSSR count). The number of hydrogen-bond donors (Lipinski definition) is 2. The molecule has 2 aromatic rings. The lowest BCUT2D eigenvalue weighted by Crippen LogP contribution is -2.24. The van der Waals surface area contributed by atoms with E-state index >= 15 is 0 Å². The van der Waals surface area contributed by atoms with Gasteiger partial charge in [-0.3, -0.25) is 9.59 Å². The van der Waals surface area contributed by atoms with Crippen LogP contribution in [-0.2, 0) is 11.2 Å². The Bertz CT molecular complexity index is 856. The Kier molecular flexibility index (Phi) is 6.19. The SMILES string of the molecule is CCc1nc(SC(C)C(=O)Nc2ccc(OC)cc2)[nH]c(=O)c1C#N. The molecule has 0 bridgehead atoms. The lowest BCUT2D eigenvalue weighted by Gasteiger charge is -2.12. The fraction of sp³-hybridized carbons (Fsp3) is 0.294. The third-order valence-electron chi connectivity index (χ3n) is 3.43. The second kappa shape index (κ2) is 8.35. The van der Waals surface area contributed by atoms with Crippen LogP contribution < -0.4 is 15.6 Å². The Morgan fingerprint density at radius 3 is 2.68 bits per heavy atom. The van der Waals surface area contributed by atoms with E-state index in [2.05, 4.69) is 15.3 Å². The van der Waals surface area contributed by atoms with Gasteiger partial charge in [-0.2, -0.15) is 5.26 Å². The number of carbonyl (C=O) groups is 1. The van der Waals surface area contributed by atoms with Crippen LogP contribution in [-0.4, -0.2) is 28.2 Å². The molecule has 0 aliphatic heterocycles. The number of methoxy groups -OCH3 is 1. The summed E-state index contributed by atoms with van der Waals surface area (Å²) in [6, 6.07) is 8.84. The molecule has 0 aliphatic rings. The van der Waals surface area contributed by atoms with Crippen LogP contribution in [0.5, 0.6) is 5.75 Å². The van der Waals surface area contributed by atoms with E-state index < -0.39 is 10.8 Å². The van der Waals surface area contributed by atoms with Crippen molar-refractivity contribution >= 4 is 23.4 Å². The lowest BCUT2D eigenvalue weighted by atomic mass is 10.2. The number of nitriles is 1. The van der Waals surface area contributed by atoms with Gasteiger partial charge in [0.1, 0.15) is 17.4 Å². The van der Waals surface area contributed by atoms with Crippen LogP contribution in [0.3, 0.4) is 0 Å². The highest BCUT2D eigenvalue weighted by molar-refractivity contribution is 8.00. The minimum atomic E-state index is -0.486. The maximum Gasteiger partial charge on any atom is 0.269 e. The molecule has 1 unspecified atom stereocenters. The van der Waals surface area contributed by atoms with Crippen LogP contribution in [0.15, 0.2) is 34.2 Å². The molecule has 25 heavy (non-hydrogen) atoms. The highest BCUT2D eigenvalue weighted by Gasteiger charge is 2.18. The van der Waals surface area contributed by atoms with Crippen LogP contribution in [0.4, 0.5) is 5.69 Å². The van der Waals surface area contributed by atoms with Gasteiger partial charge in [0, 0.05) is 5.69 Å². The molecule has 0 radical (unpaired) electrons. The first-order valence-corrected chi connectivity index (χ1v) is 8.51. The second-order valence-electron chi connectivity index (χ2n) is 5.14. The topological polar surface area (TPSA) is 108 Å². The minimum absolute atomic E-state index is 0.0159. The maximum atomic E-state index is 12.3. The smallest absolute Gasteiger partial charge is 0.269 e. The molecular formula is C17H18N4O3S. The first kappa shape index (κ1) is 18.5. The average molecular weight is 358 g/mol. The number of nitrogens with one attached hydrogen (secondary N) is 2. The zero-order chi connectivity index (χ0) is 18.4. The number of aryl methyl sites for hydroxylation is 1. The Balaban J connectivity index is 2.09. The van der Waals surface area contributed by atoms with Crippen LogP contribution in [0.2, 0.25) is 0 Å². The van der Waals surface area contributed by atoms with Crippen molar-refractivity contribution in [3.63, 3.8) is 0 Å². The van der Waals surface area contributed by atoms with Crippen LogP contribution in [0.25, 0.3) is 0 Å². The molecule has 0 aliphatic carbocycles. The van der Waals surface area contributed by atoms with E-state index in [1.165, 1.54) is 0 Å². The molecule has 0 spiro atoms. The summed E-state index contributed by atoms with van der Waals surface area (Å²) < 4.78 is 5.07. The molecule has 130 valence electrons. The van der Waals surface area contributed by atoms with Crippen molar-refractivity contribution in [2.45, 2.75) is 30.7 Å². The average Bonchev–Trinajstić information content (AvgIpc) is 2.61.